The maximum Gasteiger partial charge on any atom is 0.105 e. The summed E-state index contributed by atoms with van der Waals surface area (Å²) in [7, 11) is 1.91. The summed E-state index contributed by atoms with van der Waals surface area (Å²) in [5, 5.41) is 16.6. The first-order chi connectivity index (χ1) is 10.3. The molecule has 0 aliphatic heterocycles. The van der Waals surface area contributed by atoms with Crippen molar-refractivity contribution >= 4 is 0 Å². The lowest BCUT2D eigenvalue weighted by Gasteiger charge is -2.12. The Morgan fingerprint density at radius 3 is 2.62 bits per heavy atom. The number of nitrogens with zero attached hydrogens (tertiary/aromatic N) is 5. The molecule has 1 aromatic carbocycles. The molecule has 0 spiro atoms. The third-order valence-electron chi connectivity index (χ3n) is 3.26. The second kappa shape index (κ2) is 5.88. The minimum Gasteiger partial charge on any atom is -0.305 e. The molecule has 1 unspecified atom stereocenters. The SMILES string of the molecule is CCNC(c1cnn(C)c1)c1cnn(-c2ccccc2)n1. The van der Waals surface area contributed by atoms with E-state index in [1.807, 2.05) is 49.8 Å². The van der Waals surface area contributed by atoms with Crippen LogP contribution in [0.2, 0.25) is 0 Å². The van der Waals surface area contributed by atoms with Gasteiger partial charge in [-0.1, -0.05) is 25.1 Å². The van der Waals surface area contributed by atoms with Gasteiger partial charge in [0, 0.05) is 18.8 Å². The highest BCUT2D eigenvalue weighted by atomic mass is 15.5. The summed E-state index contributed by atoms with van der Waals surface area (Å²) in [6, 6.07) is 9.89. The van der Waals surface area contributed by atoms with E-state index in [1.165, 1.54) is 0 Å². The number of hydrogen-bond acceptors (Lipinski definition) is 4. The van der Waals surface area contributed by atoms with Crippen LogP contribution >= 0.6 is 0 Å². The quantitative estimate of drug-likeness (QED) is 0.774. The van der Waals surface area contributed by atoms with E-state index < -0.39 is 0 Å². The lowest BCUT2D eigenvalue weighted by Crippen LogP contribution is -2.22. The Kier molecular flexibility index (Phi) is 3.79. The number of benzene rings is 1. The molecule has 0 amide bonds. The fraction of sp³-hybridized carbons (Fsp3) is 0.267. The smallest absolute Gasteiger partial charge is 0.105 e. The van der Waals surface area contributed by atoms with Gasteiger partial charge in [-0.25, -0.2) is 0 Å². The maximum atomic E-state index is 4.59. The Hall–Kier alpha value is -2.47. The highest BCUT2D eigenvalue weighted by Gasteiger charge is 2.18. The van der Waals surface area contributed by atoms with E-state index in [0.29, 0.717) is 0 Å². The predicted octanol–water partition coefficient (Wildman–Crippen LogP) is 1.70. The minimum atomic E-state index is 0.00108. The van der Waals surface area contributed by atoms with Gasteiger partial charge in [0.1, 0.15) is 5.69 Å². The van der Waals surface area contributed by atoms with Crippen LogP contribution in [0, 0.1) is 0 Å². The molecule has 0 aliphatic rings. The second-order valence-electron chi connectivity index (χ2n) is 4.83. The van der Waals surface area contributed by atoms with Crippen LogP contribution in [-0.4, -0.2) is 31.3 Å². The molecular formula is C15H18N6. The third kappa shape index (κ3) is 2.85. The summed E-state index contributed by atoms with van der Waals surface area (Å²) in [5.74, 6) is 0. The van der Waals surface area contributed by atoms with Crippen molar-refractivity contribution < 1.29 is 0 Å². The molecule has 0 fully saturated rings. The van der Waals surface area contributed by atoms with E-state index >= 15 is 0 Å². The Morgan fingerprint density at radius 2 is 1.95 bits per heavy atom. The summed E-state index contributed by atoms with van der Waals surface area (Å²) < 4.78 is 1.79. The summed E-state index contributed by atoms with van der Waals surface area (Å²) >= 11 is 0. The zero-order chi connectivity index (χ0) is 14.7. The largest absolute Gasteiger partial charge is 0.305 e. The Bertz CT molecular complexity index is 700. The molecule has 3 rings (SSSR count). The molecule has 6 nitrogen and oxygen atoms in total. The molecule has 2 aromatic heterocycles. The van der Waals surface area contributed by atoms with Crippen LogP contribution in [0.4, 0.5) is 0 Å². The van der Waals surface area contributed by atoms with Gasteiger partial charge in [-0.15, -0.1) is 0 Å². The molecule has 0 saturated heterocycles. The van der Waals surface area contributed by atoms with Crippen molar-refractivity contribution in [2.75, 3.05) is 6.54 Å². The van der Waals surface area contributed by atoms with Crippen molar-refractivity contribution in [1.29, 1.82) is 0 Å². The normalized spacial score (nSPS) is 12.5. The zero-order valence-electron chi connectivity index (χ0n) is 12.1. The van der Waals surface area contributed by atoms with Crippen LogP contribution in [0.25, 0.3) is 5.69 Å². The van der Waals surface area contributed by atoms with Crippen LogP contribution in [0.15, 0.2) is 48.9 Å². The van der Waals surface area contributed by atoms with Crippen molar-refractivity contribution in [3.05, 3.63) is 60.2 Å². The van der Waals surface area contributed by atoms with Gasteiger partial charge in [0.2, 0.25) is 0 Å². The molecule has 21 heavy (non-hydrogen) atoms. The van der Waals surface area contributed by atoms with E-state index in [2.05, 4.69) is 27.5 Å². The molecule has 0 radical (unpaired) electrons. The Balaban J connectivity index is 1.92. The van der Waals surface area contributed by atoms with Crippen molar-refractivity contribution in [2.24, 2.45) is 7.05 Å². The molecular weight excluding hydrogens is 264 g/mol. The Morgan fingerprint density at radius 1 is 1.14 bits per heavy atom. The summed E-state index contributed by atoms with van der Waals surface area (Å²) in [5.41, 5.74) is 2.92. The zero-order valence-corrected chi connectivity index (χ0v) is 12.1. The second-order valence-corrected chi connectivity index (χ2v) is 4.83. The number of rotatable bonds is 5. The predicted molar refractivity (Wildman–Crippen MR) is 80.1 cm³/mol. The number of aryl methyl sites for hydroxylation is 1. The summed E-state index contributed by atoms with van der Waals surface area (Å²) in [4.78, 5) is 1.65. The van der Waals surface area contributed by atoms with Crippen molar-refractivity contribution in [1.82, 2.24) is 30.1 Å². The van der Waals surface area contributed by atoms with E-state index in [-0.39, 0.29) is 6.04 Å². The first kappa shape index (κ1) is 13.5. The highest BCUT2D eigenvalue weighted by Crippen LogP contribution is 2.19. The van der Waals surface area contributed by atoms with Crippen molar-refractivity contribution in [3.8, 4) is 5.69 Å². The maximum absolute atomic E-state index is 4.59. The first-order valence-electron chi connectivity index (χ1n) is 6.97. The molecule has 0 saturated carbocycles. The molecule has 108 valence electrons. The molecule has 2 heterocycles. The van der Waals surface area contributed by atoms with Gasteiger partial charge in [0.05, 0.1) is 24.1 Å². The molecule has 0 aliphatic carbocycles. The third-order valence-corrected chi connectivity index (χ3v) is 3.26. The standard InChI is InChI=1S/C15H18N6/c1-3-16-15(12-9-17-20(2)11-12)14-10-18-21(19-14)13-7-5-4-6-8-13/h4-11,15-16H,3H2,1-2H3. The molecule has 0 bridgehead atoms. The molecule has 3 aromatic rings. The van der Waals surface area contributed by atoms with E-state index in [0.717, 1.165) is 23.5 Å². The van der Waals surface area contributed by atoms with Gasteiger partial charge in [0.15, 0.2) is 0 Å². The number of hydrogen-bond donors (Lipinski definition) is 1. The first-order valence-corrected chi connectivity index (χ1v) is 6.97. The summed E-state index contributed by atoms with van der Waals surface area (Å²) in [6.45, 7) is 2.92. The number of para-hydroxylation sites is 1. The molecule has 1 N–H and O–H groups in total. The lowest BCUT2D eigenvalue weighted by atomic mass is 10.1. The minimum absolute atomic E-state index is 0.00108. The summed E-state index contributed by atoms with van der Waals surface area (Å²) in [6.07, 6.45) is 5.65. The van der Waals surface area contributed by atoms with E-state index in [4.69, 9.17) is 0 Å². The van der Waals surface area contributed by atoms with Crippen LogP contribution in [0.3, 0.4) is 0 Å². The monoisotopic (exact) mass is 282 g/mol. The van der Waals surface area contributed by atoms with Gasteiger partial charge in [-0.3, -0.25) is 4.68 Å². The number of nitrogens with one attached hydrogen (secondary N) is 1. The average Bonchev–Trinajstić information content (AvgIpc) is 3.15. The van der Waals surface area contributed by atoms with Crippen LogP contribution < -0.4 is 5.32 Å². The lowest BCUT2D eigenvalue weighted by molar-refractivity contribution is 0.604. The van der Waals surface area contributed by atoms with Crippen LogP contribution in [-0.2, 0) is 7.05 Å². The fourth-order valence-electron chi connectivity index (χ4n) is 2.28. The topological polar surface area (TPSA) is 60.6 Å². The van der Waals surface area contributed by atoms with Gasteiger partial charge in [0.25, 0.3) is 0 Å². The van der Waals surface area contributed by atoms with Crippen LogP contribution in [0.1, 0.15) is 24.2 Å². The van der Waals surface area contributed by atoms with Gasteiger partial charge >= 0.3 is 0 Å². The van der Waals surface area contributed by atoms with Crippen LogP contribution in [0.5, 0.6) is 0 Å². The number of aromatic nitrogens is 5. The molecule has 1 atom stereocenters. The van der Waals surface area contributed by atoms with E-state index in [9.17, 15) is 0 Å². The van der Waals surface area contributed by atoms with Gasteiger partial charge < -0.3 is 5.32 Å². The fourth-order valence-corrected chi connectivity index (χ4v) is 2.28. The van der Waals surface area contributed by atoms with Gasteiger partial charge in [-0.2, -0.15) is 20.1 Å². The van der Waals surface area contributed by atoms with Gasteiger partial charge in [-0.05, 0) is 18.7 Å². The van der Waals surface area contributed by atoms with Crippen molar-refractivity contribution in [3.63, 3.8) is 0 Å². The highest BCUT2D eigenvalue weighted by molar-refractivity contribution is 5.29. The Labute approximate surface area is 123 Å². The van der Waals surface area contributed by atoms with Crippen molar-refractivity contribution in [2.45, 2.75) is 13.0 Å². The van der Waals surface area contributed by atoms with E-state index in [1.54, 1.807) is 15.7 Å². The molecule has 6 heteroatoms. The average molecular weight is 282 g/mol.